The van der Waals surface area contributed by atoms with Crippen molar-refractivity contribution in [3.8, 4) is 5.88 Å². The van der Waals surface area contributed by atoms with Gasteiger partial charge in [0.25, 0.3) is 0 Å². The zero-order chi connectivity index (χ0) is 18.9. The number of nitrogens with zero attached hydrogens (tertiary/aromatic N) is 3. The van der Waals surface area contributed by atoms with E-state index in [0.29, 0.717) is 13.1 Å². The molecule has 0 fully saturated rings. The maximum atomic E-state index is 5.47. The molecule has 0 saturated carbocycles. The first-order valence-corrected chi connectivity index (χ1v) is 9.19. The molecule has 6 heteroatoms. The maximum absolute atomic E-state index is 5.47. The summed E-state index contributed by atoms with van der Waals surface area (Å²) in [5, 5.41) is 11.2. The Balaban J connectivity index is 2.06. The lowest BCUT2D eigenvalue weighted by Crippen LogP contribution is -2.37. The molecule has 0 amide bonds. The van der Waals surface area contributed by atoms with Crippen LogP contribution in [0, 0.1) is 13.8 Å². The van der Waals surface area contributed by atoms with E-state index in [2.05, 4.69) is 53.8 Å². The number of guanidine groups is 1. The highest BCUT2D eigenvalue weighted by Gasteiger charge is 2.14. The molecule has 1 aromatic carbocycles. The van der Waals surface area contributed by atoms with Gasteiger partial charge in [-0.1, -0.05) is 43.2 Å². The molecule has 142 valence electrons. The van der Waals surface area contributed by atoms with E-state index in [-0.39, 0.29) is 0 Å². The van der Waals surface area contributed by atoms with Crippen molar-refractivity contribution in [1.29, 1.82) is 0 Å². The number of methoxy groups -OCH3 is 1. The first-order chi connectivity index (χ1) is 12.5. The summed E-state index contributed by atoms with van der Waals surface area (Å²) in [6.07, 6.45) is 2.26. The number of ether oxygens (including phenoxy) is 1. The summed E-state index contributed by atoms with van der Waals surface area (Å²) in [6.45, 7) is 8.43. The molecule has 0 saturated heterocycles. The summed E-state index contributed by atoms with van der Waals surface area (Å²) in [7, 11) is 3.56. The number of aliphatic imine (C=N–C) groups is 1. The summed E-state index contributed by atoms with van der Waals surface area (Å²) in [5.41, 5.74) is 4.47. The van der Waals surface area contributed by atoms with E-state index < -0.39 is 0 Å². The fourth-order valence-electron chi connectivity index (χ4n) is 2.73. The molecular weight excluding hydrogens is 326 g/mol. The van der Waals surface area contributed by atoms with E-state index in [9.17, 15) is 0 Å². The zero-order valence-corrected chi connectivity index (χ0v) is 16.6. The summed E-state index contributed by atoms with van der Waals surface area (Å²) in [5.74, 6) is 1.59. The van der Waals surface area contributed by atoms with Crippen molar-refractivity contribution in [2.24, 2.45) is 12.0 Å². The second-order valence-corrected chi connectivity index (χ2v) is 6.48. The van der Waals surface area contributed by atoms with Gasteiger partial charge in [0.15, 0.2) is 5.96 Å². The van der Waals surface area contributed by atoms with Crippen molar-refractivity contribution in [3.05, 3.63) is 46.6 Å². The molecule has 0 unspecified atom stereocenters. The van der Waals surface area contributed by atoms with Gasteiger partial charge in [0.1, 0.15) is 0 Å². The molecule has 1 heterocycles. The van der Waals surface area contributed by atoms with Crippen LogP contribution in [-0.2, 0) is 20.1 Å². The number of aromatic nitrogens is 2. The van der Waals surface area contributed by atoms with Crippen LogP contribution in [-0.4, -0.2) is 29.4 Å². The number of nitrogens with one attached hydrogen (secondary N) is 2. The van der Waals surface area contributed by atoms with Crippen molar-refractivity contribution in [2.45, 2.75) is 46.7 Å². The van der Waals surface area contributed by atoms with Crippen molar-refractivity contribution in [1.82, 2.24) is 20.4 Å². The predicted octanol–water partition coefficient (Wildman–Crippen LogP) is 3.08. The van der Waals surface area contributed by atoms with E-state index >= 15 is 0 Å². The lowest BCUT2D eigenvalue weighted by atomic mass is 10.1. The molecule has 0 aliphatic rings. The van der Waals surface area contributed by atoms with Crippen LogP contribution in [0.15, 0.2) is 29.3 Å². The van der Waals surface area contributed by atoms with Crippen LogP contribution in [0.3, 0.4) is 0 Å². The molecule has 1 aromatic heterocycles. The Morgan fingerprint density at radius 2 is 1.92 bits per heavy atom. The maximum Gasteiger partial charge on any atom is 0.216 e. The molecule has 0 radical (unpaired) electrons. The molecule has 2 aromatic rings. The number of aryl methyl sites for hydroxylation is 3. The fourth-order valence-corrected chi connectivity index (χ4v) is 2.73. The van der Waals surface area contributed by atoms with Crippen LogP contribution in [0.5, 0.6) is 5.88 Å². The molecule has 0 spiro atoms. The molecule has 6 nitrogen and oxygen atoms in total. The Morgan fingerprint density at radius 1 is 1.19 bits per heavy atom. The Labute approximate surface area is 156 Å². The smallest absolute Gasteiger partial charge is 0.216 e. The van der Waals surface area contributed by atoms with Gasteiger partial charge in [-0.3, -0.25) is 0 Å². The van der Waals surface area contributed by atoms with Gasteiger partial charge >= 0.3 is 0 Å². The third-order valence-corrected chi connectivity index (χ3v) is 4.28. The van der Waals surface area contributed by atoms with Crippen molar-refractivity contribution in [2.75, 3.05) is 13.7 Å². The lowest BCUT2D eigenvalue weighted by molar-refractivity contribution is 0.369. The molecule has 2 rings (SSSR count). The number of hydrogen-bond donors (Lipinski definition) is 2. The average molecular weight is 358 g/mol. The molecular formula is C20H31N5O. The fraction of sp³-hybridized carbons (Fsp3) is 0.500. The number of unbranched alkanes of at least 4 members (excludes halogenated alkanes) is 1. The highest BCUT2D eigenvalue weighted by molar-refractivity contribution is 5.79. The van der Waals surface area contributed by atoms with E-state index in [1.807, 2.05) is 14.0 Å². The Morgan fingerprint density at radius 3 is 2.58 bits per heavy atom. The summed E-state index contributed by atoms with van der Waals surface area (Å²) < 4.78 is 7.23. The Hall–Kier alpha value is -2.50. The van der Waals surface area contributed by atoms with Crippen LogP contribution in [0.25, 0.3) is 0 Å². The Bertz CT molecular complexity index is 719. The van der Waals surface area contributed by atoms with Gasteiger partial charge in [0.2, 0.25) is 5.88 Å². The van der Waals surface area contributed by atoms with E-state index in [1.54, 1.807) is 11.8 Å². The highest BCUT2D eigenvalue weighted by Crippen LogP contribution is 2.20. The van der Waals surface area contributed by atoms with Crippen LogP contribution in [0.2, 0.25) is 0 Å². The average Bonchev–Trinajstić information content (AvgIpc) is 2.91. The highest BCUT2D eigenvalue weighted by atomic mass is 16.5. The van der Waals surface area contributed by atoms with Gasteiger partial charge in [-0.05, 0) is 25.8 Å². The quantitative estimate of drug-likeness (QED) is 0.433. The lowest BCUT2D eigenvalue weighted by Gasteiger charge is -2.13. The molecule has 0 atom stereocenters. The molecule has 26 heavy (non-hydrogen) atoms. The number of hydrogen-bond acceptors (Lipinski definition) is 3. The summed E-state index contributed by atoms with van der Waals surface area (Å²) in [4.78, 5) is 4.73. The van der Waals surface area contributed by atoms with E-state index in [4.69, 9.17) is 9.73 Å². The van der Waals surface area contributed by atoms with Crippen LogP contribution in [0.1, 0.15) is 42.1 Å². The normalized spacial score (nSPS) is 11.5. The van der Waals surface area contributed by atoms with E-state index in [1.165, 1.54) is 11.1 Å². The van der Waals surface area contributed by atoms with Gasteiger partial charge in [0, 0.05) is 13.6 Å². The van der Waals surface area contributed by atoms with Gasteiger partial charge < -0.3 is 15.4 Å². The minimum Gasteiger partial charge on any atom is -0.481 e. The number of benzene rings is 1. The van der Waals surface area contributed by atoms with Crippen molar-refractivity contribution >= 4 is 5.96 Å². The standard InChI is InChI=1S/C20H31N5O/c1-6-7-12-21-20(22-13-17-10-8-15(2)9-11-17)23-14-18-16(3)24-25(4)19(18)26-5/h8-11H,6-7,12-14H2,1-5H3,(H2,21,22,23). The second-order valence-electron chi connectivity index (χ2n) is 6.48. The van der Waals surface area contributed by atoms with Crippen LogP contribution < -0.4 is 15.4 Å². The summed E-state index contributed by atoms with van der Waals surface area (Å²) in [6, 6.07) is 8.48. The first kappa shape index (κ1) is 19.8. The predicted molar refractivity (Wildman–Crippen MR) is 107 cm³/mol. The van der Waals surface area contributed by atoms with E-state index in [0.717, 1.165) is 42.5 Å². The zero-order valence-electron chi connectivity index (χ0n) is 16.6. The Kier molecular flexibility index (Phi) is 7.51. The largest absolute Gasteiger partial charge is 0.481 e. The SMILES string of the molecule is CCCCNC(=NCc1ccc(C)cc1)NCc1c(C)nn(C)c1OC. The second kappa shape index (κ2) is 9.85. The molecule has 0 aliphatic heterocycles. The van der Waals surface area contributed by atoms with Gasteiger partial charge in [-0.25, -0.2) is 9.67 Å². The topological polar surface area (TPSA) is 63.5 Å². The third-order valence-electron chi connectivity index (χ3n) is 4.28. The third kappa shape index (κ3) is 5.51. The molecule has 0 bridgehead atoms. The van der Waals surface area contributed by atoms with Gasteiger partial charge in [0.05, 0.1) is 31.5 Å². The minimum absolute atomic E-state index is 0.620. The van der Waals surface area contributed by atoms with Crippen molar-refractivity contribution < 1.29 is 4.74 Å². The van der Waals surface area contributed by atoms with Gasteiger partial charge in [-0.15, -0.1) is 0 Å². The van der Waals surface area contributed by atoms with Crippen LogP contribution in [0.4, 0.5) is 0 Å². The first-order valence-electron chi connectivity index (χ1n) is 9.19. The number of rotatable bonds is 8. The van der Waals surface area contributed by atoms with Crippen molar-refractivity contribution in [3.63, 3.8) is 0 Å². The van der Waals surface area contributed by atoms with Gasteiger partial charge in [-0.2, -0.15) is 5.10 Å². The minimum atomic E-state index is 0.620. The van der Waals surface area contributed by atoms with Crippen LogP contribution >= 0.6 is 0 Å². The molecule has 2 N–H and O–H groups in total. The molecule has 0 aliphatic carbocycles. The monoisotopic (exact) mass is 357 g/mol. The summed E-state index contributed by atoms with van der Waals surface area (Å²) >= 11 is 0.